The van der Waals surface area contributed by atoms with Gasteiger partial charge >= 0.3 is 0 Å². The van der Waals surface area contributed by atoms with Crippen molar-refractivity contribution >= 4 is 44.6 Å². The number of carbonyl (C=O) groups excluding carboxylic acids is 1. The Hall–Kier alpha value is -2.77. The number of amides is 1. The van der Waals surface area contributed by atoms with Gasteiger partial charge in [-0.15, -0.1) is 22.7 Å². The molecule has 7 heteroatoms. The van der Waals surface area contributed by atoms with Crippen LogP contribution >= 0.6 is 22.7 Å². The number of rotatable bonds is 4. The van der Waals surface area contributed by atoms with Crippen LogP contribution in [0.3, 0.4) is 0 Å². The first-order valence-electron chi connectivity index (χ1n) is 10.5. The van der Waals surface area contributed by atoms with Crippen LogP contribution in [-0.2, 0) is 4.79 Å². The van der Waals surface area contributed by atoms with Gasteiger partial charge in [0.05, 0.1) is 10.3 Å². The maximum absolute atomic E-state index is 12.4. The summed E-state index contributed by atoms with van der Waals surface area (Å²) in [6, 6.07) is 14.5. The molecule has 0 N–H and O–H groups in total. The molecular weight excluding hydrogens is 424 g/mol. The monoisotopic (exact) mass is 448 g/mol. The summed E-state index contributed by atoms with van der Waals surface area (Å²) < 4.78 is 0. The molecule has 0 radical (unpaired) electrons. The van der Waals surface area contributed by atoms with Crippen molar-refractivity contribution in [3.05, 3.63) is 53.2 Å². The number of benzene rings is 1. The van der Waals surface area contributed by atoms with Crippen LogP contribution in [0.1, 0.15) is 13.8 Å². The Morgan fingerprint density at radius 3 is 2.42 bits per heavy atom. The van der Waals surface area contributed by atoms with E-state index in [0.717, 1.165) is 52.9 Å². The first-order chi connectivity index (χ1) is 15.1. The molecule has 1 aromatic carbocycles. The Labute approximate surface area is 190 Å². The molecule has 158 valence electrons. The van der Waals surface area contributed by atoms with Gasteiger partial charge in [0.2, 0.25) is 5.91 Å². The van der Waals surface area contributed by atoms with Gasteiger partial charge in [0.15, 0.2) is 5.82 Å². The van der Waals surface area contributed by atoms with Crippen molar-refractivity contribution in [2.24, 2.45) is 5.92 Å². The largest absolute Gasteiger partial charge is 0.352 e. The number of hydrogen-bond acceptors (Lipinski definition) is 6. The van der Waals surface area contributed by atoms with Crippen LogP contribution in [0.5, 0.6) is 0 Å². The first-order valence-corrected chi connectivity index (χ1v) is 12.3. The van der Waals surface area contributed by atoms with E-state index >= 15 is 0 Å². The zero-order chi connectivity index (χ0) is 21.4. The van der Waals surface area contributed by atoms with Gasteiger partial charge in [-0.1, -0.05) is 50.2 Å². The molecule has 1 saturated heterocycles. The van der Waals surface area contributed by atoms with Gasteiger partial charge in [-0.05, 0) is 17.0 Å². The Balaban J connectivity index is 1.58. The van der Waals surface area contributed by atoms with Gasteiger partial charge in [0, 0.05) is 43.0 Å². The first kappa shape index (κ1) is 20.2. The fourth-order valence-corrected chi connectivity index (χ4v) is 5.60. The predicted molar refractivity (Wildman–Crippen MR) is 130 cm³/mol. The van der Waals surface area contributed by atoms with Crippen LogP contribution in [0.4, 0.5) is 5.82 Å². The van der Waals surface area contributed by atoms with Crippen molar-refractivity contribution in [1.29, 1.82) is 0 Å². The maximum Gasteiger partial charge on any atom is 0.225 e. The zero-order valence-corrected chi connectivity index (χ0v) is 19.2. The smallest absolute Gasteiger partial charge is 0.225 e. The molecule has 1 fully saturated rings. The van der Waals surface area contributed by atoms with E-state index in [0.29, 0.717) is 0 Å². The lowest BCUT2D eigenvalue weighted by Gasteiger charge is -2.36. The van der Waals surface area contributed by atoms with E-state index in [-0.39, 0.29) is 11.8 Å². The summed E-state index contributed by atoms with van der Waals surface area (Å²) in [5.41, 5.74) is 2.35. The molecule has 1 aliphatic rings. The summed E-state index contributed by atoms with van der Waals surface area (Å²) in [7, 11) is 0. The molecule has 31 heavy (non-hydrogen) atoms. The van der Waals surface area contributed by atoms with Crippen molar-refractivity contribution in [1.82, 2.24) is 14.9 Å². The van der Waals surface area contributed by atoms with E-state index in [4.69, 9.17) is 9.97 Å². The Morgan fingerprint density at radius 1 is 0.968 bits per heavy atom. The Bertz CT molecular complexity index is 1190. The molecule has 0 saturated carbocycles. The summed E-state index contributed by atoms with van der Waals surface area (Å²) in [5, 5.41) is 5.36. The number of fused-ring (bicyclic) bond motifs is 1. The van der Waals surface area contributed by atoms with Crippen molar-refractivity contribution in [2.45, 2.75) is 13.8 Å². The third-order valence-electron chi connectivity index (χ3n) is 5.63. The van der Waals surface area contributed by atoms with E-state index in [1.54, 1.807) is 22.7 Å². The molecule has 4 heterocycles. The van der Waals surface area contributed by atoms with E-state index in [1.165, 1.54) is 11.1 Å². The highest BCUT2D eigenvalue weighted by Gasteiger charge is 2.26. The highest BCUT2D eigenvalue weighted by Crippen LogP contribution is 2.40. The molecule has 0 spiro atoms. The van der Waals surface area contributed by atoms with Crippen molar-refractivity contribution < 1.29 is 4.79 Å². The number of hydrogen-bond donors (Lipinski definition) is 0. The minimum atomic E-state index is 0.0318. The molecule has 3 aromatic heterocycles. The molecule has 0 aliphatic carbocycles. The molecule has 1 aliphatic heterocycles. The third kappa shape index (κ3) is 3.83. The van der Waals surface area contributed by atoms with Crippen molar-refractivity contribution in [3.8, 4) is 21.8 Å². The van der Waals surface area contributed by atoms with Crippen molar-refractivity contribution in [2.75, 3.05) is 31.1 Å². The van der Waals surface area contributed by atoms with E-state index in [9.17, 15) is 4.79 Å². The Morgan fingerprint density at radius 2 is 1.74 bits per heavy atom. The normalized spacial score (nSPS) is 14.5. The summed E-state index contributed by atoms with van der Waals surface area (Å²) in [5.74, 6) is 2.02. The Kier molecular flexibility index (Phi) is 5.46. The fourth-order valence-electron chi connectivity index (χ4n) is 4.00. The van der Waals surface area contributed by atoms with Gasteiger partial charge in [0.25, 0.3) is 0 Å². The van der Waals surface area contributed by atoms with E-state index < -0.39 is 0 Å². The van der Waals surface area contributed by atoms with Crippen LogP contribution in [0.15, 0.2) is 53.2 Å². The summed E-state index contributed by atoms with van der Waals surface area (Å²) in [6.07, 6.45) is 0. The summed E-state index contributed by atoms with van der Waals surface area (Å²) in [4.78, 5) is 28.8. The SMILES string of the molecule is CC(C)C(=O)N1CCN(c2nc(-c3cccs3)nc3scc(-c4ccccc4)c23)CC1. The lowest BCUT2D eigenvalue weighted by atomic mass is 10.1. The number of piperazine rings is 1. The average Bonchev–Trinajstić information content (AvgIpc) is 3.49. The van der Waals surface area contributed by atoms with Gasteiger partial charge in [-0.3, -0.25) is 4.79 Å². The number of nitrogens with zero attached hydrogens (tertiary/aromatic N) is 4. The second-order valence-corrected chi connectivity index (χ2v) is 9.82. The minimum Gasteiger partial charge on any atom is -0.352 e. The van der Waals surface area contributed by atoms with Gasteiger partial charge < -0.3 is 9.80 Å². The zero-order valence-electron chi connectivity index (χ0n) is 17.6. The lowest BCUT2D eigenvalue weighted by molar-refractivity contribution is -0.134. The van der Waals surface area contributed by atoms with Crippen LogP contribution in [-0.4, -0.2) is 47.0 Å². The summed E-state index contributed by atoms with van der Waals surface area (Å²) >= 11 is 3.33. The number of carbonyl (C=O) groups is 1. The fraction of sp³-hybridized carbons (Fsp3) is 0.292. The van der Waals surface area contributed by atoms with Crippen LogP contribution in [0.2, 0.25) is 0 Å². The molecule has 0 atom stereocenters. The van der Waals surface area contributed by atoms with Gasteiger partial charge in [0.1, 0.15) is 10.6 Å². The molecule has 5 nitrogen and oxygen atoms in total. The van der Waals surface area contributed by atoms with Crippen LogP contribution in [0, 0.1) is 5.92 Å². The van der Waals surface area contributed by atoms with Crippen LogP contribution in [0.25, 0.3) is 32.0 Å². The number of aromatic nitrogens is 2. The standard InChI is InChI=1S/C24H24N4OS2/c1-16(2)24(29)28-12-10-27(11-13-28)22-20-18(17-7-4-3-5-8-17)15-31-23(20)26-21(25-22)19-9-6-14-30-19/h3-9,14-16H,10-13H2,1-2H3. The third-order valence-corrected chi connectivity index (χ3v) is 7.36. The molecule has 4 aromatic rings. The lowest BCUT2D eigenvalue weighted by Crippen LogP contribution is -2.50. The molecule has 5 rings (SSSR count). The second kappa shape index (κ2) is 8.40. The second-order valence-electron chi connectivity index (χ2n) is 8.01. The average molecular weight is 449 g/mol. The maximum atomic E-state index is 12.4. The van der Waals surface area contributed by atoms with Gasteiger partial charge in [-0.2, -0.15) is 0 Å². The van der Waals surface area contributed by atoms with E-state index in [1.807, 2.05) is 30.9 Å². The minimum absolute atomic E-state index is 0.0318. The van der Waals surface area contributed by atoms with E-state index in [2.05, 4.69) is 46.0 Å². The van der Waals surface area contributed by atoms with Crippen molar-refractivity contribution in [3.63, 3.8) is 0 Å². The predicted octanol–water partition coefficient (Wildman–Crippen LogP) is 5.39. The molecule has 1 amide bonds. The number of thiophene rings is 2. The topological polar surface area (TPSA) is 49.3 Å². The molecule has 0 unspecified atom stereocenters. The van der Waals surface area contributed by atoms with Gasteiger partial charge in [-0.25, -0.2) is 9.97 Å². The molecular formula is C24H24N4OS2. The molecule has 0 bridgehead atoms. The van der Waals surface area contributed by atoms with Crippen LogP contribution < -0.4 is 4.90 Å². The summed E-state index contributed by atoms with van der Waals surface area (Å²) in [6.45, 7) is 6.93. The quantitative estimate of drug-likeness (QED) is 0.420. The number of anilines is 1. The highest BCUT2D eigenvalue weighted by atomic mass is 32.1. The highest BCUT2D eigenvalue weighted by molar-refractivity contribution is 7.17.